The number of aryl methyl sites for hydroxylation is 1. The summed E-state index contributed by atoms with van der Waals surface area (Å²) in [6.45, 7) is 7.10. The molecule has 4 heteroatoms. The van der Waals surface area contributed by atoms with Crippen molar-refractivity contribution < 1.29 is 0 Å². The largest absolute Gasteiger partial charge is 0.265 e. The zero-order valence-electron chi connectivity index (χ0n) is 12.9. The third kappa shape index (κ3) is 3.44. The Hall–Kier alpha value is -0.990. The van der Waals surface area contributed by atoms with E-state index in [1.165, 1.54) is 11.3 Å². The van der Waals surface area contributed by atoms with Crippen LogP contribution < -0.4 is 0 Å². The summed E-state index contributed by atoms with van der Waals surface area (Å²) >= 11 is 12.8. The Labute approximate surface area is 137 Å². The Balaban J connectivity index is 2.44. The third-order valence-electron chi connectivity index (χ3n) is 3.79. The Kier molecular flexibility index (Phi) is 5.72. The van der Waals surface area contributed by atoms with Gasteiger partial charge in [-0.05, 0) is 30.9 Å². The molecule has 0 bridgehead atoms. The van der Waals surface area contributed by atoms with Gasteiger partial charge in [0.2, 0.25) is 0 Å². The zero-order valence-corrected chi connectivity index (χ0v) is 14.4. The van der Waals surface area contributed by atoms with Crippen molar-refractivity contribution in [1.29, 1.82) is 0 Å². The standard InChI is InChI=1S/C17H22Cl2N2/c1-4-13(18)17-15(5-2)20-21(16(17)6-3)11-12-9-7-8-10-14(12)19/h7-10,13H,4-6,11H2,1-3H3. The summed E-state index contributed by atoms with van der Waals surface area (Å²) in [5, 5.41) is 5.60. The molecular weight excluding hydrogens is 303 g/mol. The van der Waals surface area contributed by atoms with Crippen LogP contribution in [0.15, 0.2) is 24.3 Å². The summed E-state index contributed by atoms with van der Waals surface area (Å²) in [4.78, 5) is 0. The molecule has 0 N–H and O–H groups in total. The summed E-state index contributed by atoms with van der Waals surface area (Å²) in [5.74, 6) is 0. The minimum atomic E-state index is 0.0369. The van der Waals surface area contributed by atoms with E-state index in [9.17, 15) is 0 Å². The second-order valence-corrected chi connectivity index (χ2v) is 6.07. The number of hydrogen-bond donors (Lipinski definition) is 0. The fraction of sp³-hybridized carbons (Fsp3) is 0.471. The lowest BCUT2D eigenvalue weighted by Crippen LogP contribution is -2.07. The number of benzene rings is 1. The van der Waals surface area contributed by atoms with Crippen molar-refractivity contribution in [1.82, 2.24) is 9.78 Å². The molecule has 0 saturated carbocycles. The maximum atomic E-state index is 6.53. The van der Waals surface area contributed by atoms with E-state index in [4.69, 9.17) is 28.3 Å². The molecule has 0 radical (unpaired) electrons. The van der Waals surface area contributed by atoms with E-state index in [0.717, 1.165) is 35.5 Å². The second kappa shape index (κ2) is 7.33. The van der Waals surface area contributed by atoms with Gasteiger partial charge in [-0.15, -0.1) is 11.6 Å². The predicted molar refractivity (Wildman–Crippen MR) is 90.4 cm³/mol. The lowest BCUT2D eigenvalue weighted by Gasteiger charge is -2.11. The van der Waals surface area contributed by atoms with Gasteiger partial charge in [0.05, 0.1) is 17.6 Å². The summed E-state index contributed by atoms with van der Waals surface area (Å²) < 4.78 is 2.07. The van der Waals surface area contributed by atoms with E-state index in [2.05, 4.69) is 25.5 Å². The van der Waals surface area contributed by atoms with Gasteiger partial charge in [0.15, 0.2) is 0 Å². The van der Waals surface area contributed by atoms with Crippen LogP contribution in [-0.2, 0) is 19.4 Å². The van der Waals surface area contributed by atoms with Crippen molar-refractivity contribution in [3.8, 4) is 0 Å². The van der Waals surface area contributed by atoms with Crippen LogP contribution in [0.4, 0.5) is 0 Å². The van der Waals surface area contributed by atoms with Crippen LogP contribution in [0.3, 0.4) is 0 Å². The summed E-state index contributed by atoms with van der Waals surface area (Å²) in [5.41, 5.74) is 4.65. The maximum Gasteiger partial charge on any atom is 0.0677 e. The number of halogens is 2. The first kappa shape index (κ1) is 16.4. The highest BCUT2D eigenvalue weighted by Gasteiger charge is 2.21. The molecule has 0 saturated heterocycles. The molecule has 2 nitrogen and oxygen atoms in total. The first-order valence-electron chi connectivity index (χ1n) is 7.58. The van der Waals surface area contributed by atoms with Crippen LogP contribution in [0.25, 0.3) is 0 Å². The Bertz CT molecular complexity index is 605. The van der Waals surface area contributed by atoms with Crippen molar-refractivity contribution >= 4 is 23.2 Å². The fourth-order valence-electron chi connectivity index (χ4n) is 2.68. The van der Waals surface area contributed by atoms with Crippen molar-refractivity contribution in [2.45, 2.75) is 52.0 Å². The molecule has 1 aromatic carbocycles. The molecule has 2 rings (SSSR count). The van der Waals surface area contributed by atoms with Gasteiger partial charge >= 0.3 is 0 Å². The maximum absolute atomic E-state index is 6.53. The van der Waals surface area contributed by atoms with Crippen LogP contribution in [0.5, 0.6) is 0 Å². The summed E-state index contributed by atoms with van der Waals surface area (Å²) in [6, 6.07) is 7.93. The van der Waals surface area contributed by atoms with Crippen LogP contribution in [0.1, 0.15) is 55.1 Å². The van der Waals surface area contributed by atoms with Gasteiger partial charge in [-0.2, -0.15) is 5.10 Å². The molecule has 0 amide bonds. The first-order chi connectivity index (χ1) is 10.1. The van der Waals surface area contributed by atoms with Gasteiger partial charge in [-0.25, -0.2) is 0 Å². The normalized spacial score (nSPS) is 12.6. The van der Waals surface area contributed by atoms with E-state index in [1.807, 2.05) is 24.3 Å². The SMILES string of the molecule is CCc1nn(Cc2ccccc2Cl)c(CC)c1C(Cl)CC. The van der Waals surface area contributed by atoms with Gasteiger partial charge in [0.25, 0.3) is 0 Å². The molecular formula is C17H22Cl2N2. The Morgan fingerprint density at radius 2 is 1.86 bits per heavy atom. The monoisotopic (exact) mass is 324 g/mol. The molecule has 21 heavy (non-hydrogen) atoms. The van der Waals surface area contributed by atoms with Crippen molar-refractivity contribution in [2.24, 2.45) is 0 Å². The van der Waals surface area contributed by atoms with Gasteiger partial charge in [0.1, 0.15) is 0 Å². The molecule has 1 heterocycles. The topological polar surface area (TPSA) is 17.8 Å². The molecule has 0 aliphatic carbocycles. The highest BCUT2D eigenvalue weighted by Crippen LogP contribution is 2.31. The predicted octanol–water partition coefficient (Wildman–Crippen LogP) is 5.40. The van der Waals surface area contributed by atoms with Crippen molar-refractivity contribution in [2.75, 3.05) is 0 Å². The van der Waals surface area contributed by atoms with Gasteiger partial charge in [0, 0.05) is 16.3 Å². The van der Waals surface area contributed by atoms with Crippen LogP contribution in [-0.4, -0.2) is 9.78 Å². The third-order valence-corrected chi connectivity index (χ3v) is 4.69. The molecule has 0 spiro atoms. The molecule has 1 aromatic heterocycles. The van der Waals surface area contributed by atoms with Crippen LogP contribution >= 0.6 is 23.2 Å². The quantitative estimate of drug-likeness (QED) is 0.650. The highest BCUT2D eigenvalue weighted by molar-refractivity contribution is 6.31. The lowest BCUT2D eigenvalue weighted by molar-refractivity contribution is 0.639. The molecule has 0 fully saturated rings. The molecule has 0 aliphatic heterocycles. The van der Waals surface area contributed by atoms with E-state index in [0.29, 0.717) is 6.54 Å². The van der Waals surface area contributed by atoms with Gasteiger partial charge < -0.3 is 0 Å². The minimum absolute atomic E-state index is 0.0369. The van der Waals surface area contributed by atoms with E-state index < -0.39 is 0 Å². The molecule has 0 aliphatic rings. The Morgan fingerprint density at radius 3 is 2.43 bits per heavy atom. The number of nitrogens with zero attached hydrogens (tertiary/aromatic N) is 2. The van der Waals surface area contributed by atoms with E-state index in [1.54, 1.807) is 0 Å². The summed E-state index contributed by atoms with van der Waals surface area (Å²) in [7, 11) is 0. The van der Waals surface area contributed by atoms with Crippen molar-refractivity contribution in [3.63, 3.8) is 0 Å². The number of alkyl halides is 1. The zero-order chi connectivity index (χ0) is 15.4. The lowest BCUT2D eigenvalue weighted by atomic mass is 10.0. The van der Waals surface area contributed by atoms with Gasteiger partial charge in [-0.1, -0.05) is 50.6 Å². The average molecular weight is 325 g/mol. The van der Waals surface area contributed by atoms with Crippen LogP contribution in [0.2, 0.25) is 5.02 Å². The smallest absolute Gasteiger partial charge is 0.0677 e. The van der Waals surface area contributed by atoms with Gasteiger partial charge in [-0.3, -0.25) is 4.68 Å². The number of aromatic nitrogens is 2. The fourth-order valence-corrected chi connectivity index (χ4v) is 3.13. The molecule has 2 aromatic rings. The highest BCUT2D eigenvalue weighted by atomic mass is 35.5. The first-order valence-corrected chi connectivity index (χ1v) is 8.39. The van der Waals surface area contributed by atoms with E-state index >= 15 is 0 Å². The number of rotatable bonds is 6. The van der Waals surface area contributed by atoms with Crippen molar-refractivity contribution in [3.05, 3.63) is 51.8 Å². The van der Waals surface area contributed by atoms with Crippen LogP contribution in [0, 0.1) is 0 Å². The minimum Gasteiger partial charge on any atom is -0.265 e. The van der Waals surface area contributed by atoms with E-state index in [-0.39, 0.29) is 5.38 Å². The average Bonchev–Trinajstić information content (AvgIpc) is 2.86. The Morgan fingerprint density at radius 1 is 1.14 bits per heavy atom. The molecule has 114 valence electrons. The summed E-state index contributed by atoms with van der Waals surface area (Å²) in [6.07, 6.45) is 2.75. The molecule has 1 unspecified atom stereocenters. The molecule has 1 atom stereocenters. The number of hydrogen-bond acceptors (Lipinski definition) is 1. The second-order valence-electron chi connectivity index (χ2n) is 5.14.